The van der Waals surface area contributed by atoms with E-state index in [1.54, 1.807) is 18.2 Å². The predicted molar refractivity (Wildman–Crippen MR) is 94.2 cm³/mol. The Bertz CT molecular complexity index is 743. The molecule has 0 spiro atoms. The van der Waals surface area contributed by atoms with Gasteiger partial charge in [-0.1, -0.05) is 37.0 Å². The van der Waals surface area contributed by atoms with Crippen molar-refractivity contribution in [3.8, 4) is 12.1 Å². The number of fused-ring (bicyclic) bond motifs is 2. The molecule has 3 unspecified atom stereocenters. The highest BCUT2D eigenvalue weighted by molar-refractivity contribution is 5.68. The zero-order chi connectivity index (χ0) is 18.4. The minimum atomic E-state index is -1.32. The summed E-state index contributed by atoms with van der Waals surface area (Å²) in [7, 11) is 0. The van der Waals surface area contributed by atoms with Gasteiger partial charge in [0.2, 0.25) is 0 Å². The molecule has 2 aliphatic rings. The van der Waals surface area contributed by atoms with Crippen molar-refractivity contribution in [3.63, 3.8) is 0 Å². The molecule has 2 bridgehead atoms. The van der Waals surface area contributed by atoms with Crippen molar-refractivity contribution in [2.45, 2.75) is 38.3 Å². The van der Waals surface area contributed by atoms with E-state index in [2.05, 4.69) is 24.4 Å². The van der Waals surface area contributed by atoms with E-state index in [1.807, 2.05) is 25.2 Å². The maximum atomic E-state index is 11.6. The number of nitriles is 2. The van der Waals surface area contributed by atoms with Crippen LogP contribution in [0.1, 0.15) is 26.2 Å². The third kappa shape index (κ3) is 3.29. The summed E-state index contributed by atoms with van der Waals surface area (Å²) in [5.74, 6) is -0.359. The van der Waals surface area contributed by atoms with E-state index < -0.39 is 11.5 Å². The van der Waals surface area contributed by atoms with Crippen LogP contribution < -0.4 is 0 Å². The van der Waals surface area contributed by atoms with Crippen LogP contribution in [0.5, 0.6) is 0 Å². The lowest BCUT2D eigenvalue weighted by molar-refractivity contribution is 0.116. The average molecular weight is 335 g/mol. The van der Waals surface area contributed by atoms with Crippen molar-refractivity contribution in [2.24, 2.45) is 11.3 Å². The Balaban J connectivity index is 2.51. The molecular formula is C20H21N3O2. The zero-order valence-corrected chi connectivity index (χ0v) is 14.2. The molecule has 1 fully saturated rings. The molecular weight excluding hydrogens is 314 g/mol. The molecule has 2 rings (SSSR count). The fourth-order valence-corrected chi connectivity index (χ4v) is 3.74. The van der Waals surface area contributed by atoms with Gasteiger partial charge < -0.3 is 5.11 Å². The minimum absolute atomic E-state index is 0.254. The molecule has 0 saturated carbocycles. The Hall–Kier alpha value is -3.01. The number of allylic oxidation sites excluding steroid dienone is 4. The van der Waals surface area contributed by atoms with E-state index in [9.17, 15) is 20.4 Å². The van der Waals surface area contributed by atoms with Crippen LogP contribution in [0.25, 0.3) is 0 Å². The van der Waals surface area contributed by atoms with E-state index in [0.717, 1.165) is 0 Å². The van der Waals surface area contributed by atoms with Crippen molar-refractivity contribution in [2.75, 3.05) is 0 Å². The van der Waals surface area contributed by atoms with Crippen LogP contribution in [-0.2, 0) is 0 Å². The van der Waals surface area contributed by atoms with Gasteiger partial charge in [0, 0.05) is 18.4 Å². The van der Waals surface area contributed by atoms with Gasteiger partial charge in [-0.25, -0.2) is 4.79 Å². The summed E-state index contributed by atoms with van der Waals surface area (Å²) in [6.07, 6.45) is 11.5. The number of rotatable bonds is 5. The Labute approximate surface area is 148 Å². The maximum absolute atomic E-state index is 11.6. The Kier molecular flexibility index (Phi) is 5.65. The first-order valence-corrected chi connectivity index (χ1v) is 8.24. The molecule has 0 radical (unpaired) electrons. The lowest BCUT2D eigenvalue weighted by Crippen LogP contribution is -2.48. The molecule has 1 amide bonds. The number of hydrogen-bond donors (Lipinski definition) is 1. The second kappa shape index (κ2) is 7.71. The fourth-order valence-electron chi connectivity index (χ4n) is 3.74. The first-order chi connectivity index (χ1) is 12.0. The fraction of sp³-hybridized carbons (Fsp3) is 0.400. The van der Waals surface area contributed by atoms with Crippen LogP contribution in [0.2, 0.25) is 0 Å². The molecule has 25 heavy (non-hydrogen) atoms. The summed E-state index contributed by atoms with van der Waals surface area (Å²) in [5.41, 5.74) is 2.08. The van der Waals surface area contributed by atoms with Crippen LogP contribution in [0, 0.1) is 34.0 Å². The normalized spacial score (nSPS) is 25.3. The molecule has 2 heterocycles. The topological polar surface area (TPSA) is 88.1 Å². The molecule has 1 N–H and O–H groups in total. The third-order valence-electron chi connectivity index (χ3n) is 4.87. The van der Waals surface area contributed by atoms with Gasteiger partial charge in [0.25, 0.3) is 0 Å². The van der Waals surface area contributed by atoms with Gasteiger partial charge >= 0.3 is 6.09 Å². The average Bonchev–Trinajstić information content (AvgIpc) is 2.94. The number of nitrogens with zero attached hydrogens (tertiary/aromatic N) is 3. The van der Waals surface area contributed by atoms with Gasteiger partial charge in [0.1, 0.15) is 0 Å². The van der Waals surface area contributed by atoms with E-state index >= 15 is 0 Å². The van der Waals surface area contributed by atoms with Crippen molar-refractivity contribution in [1.29, 1.82) is 10.5 Å². The monoisotopic (exact) mass is 335 g/mol. The molecule has 0 aliphatic carbocycles. The molecule has 0 aromatic heterocycles. The molecule has 0 aromatic rings. The van der Waals surface area contributed by atoms with Gasteiger partial charge in [-0.15, -0.1) is 5.73 Å². The Morgan fingerprint density at radius 3 is 2.72 bits per heavy atom. The zero-order valence-electron chi connectivity index (χ0n) is 14.2. The van der Waals surface area contributed by atoms with Crippen molar-refractivity contribution in [3.05, 3.63) is 54.3 Å². The molecule has 5 heteroatoms. The molecule has 1 saturated heterocycles. The first kappa shape index (κ1) is 18.3. The van der Waals surface area contributed by atoms with Crippen LogP contribution in [-0.4, -0.2) is 28.2 Å². The summed E-state index contributed by atoms with van der Waals surface area (Å²) in [6.45, 7) is 5.49. The van der Waals surface area contributed by atoms with E-state index in [-0.39, 0.29) is 24.4 Å². The largest absolute Gasteiger partial charge is 0.465 e. The summed E-state index contributed by atoms with van der Waals surface area (Å²) < 4.78 is 0. The van der Waals surface area contributed by atoms with Gasteiger partial charge in [-0.05, 0) is 31.4 Å². The lowest BCUT2D eigenvalue weighted by Gasteiger charge is -2.39. The number of amides is 1. The molecule has 5 nitrogen and oxygen atoms in total. The smallest absolute Gasteiger partial charge is 0.408 e. The lowest BCUT2D eigenvalue weighted by atomic mass is 9.70. The van der Waals surface area contributed by atoms with E-state index in [4.69, 9.17) is 0 Å². The van der Waals surface area contributed by atoms with Crippen LogP contribution >= 0.6 is 0 Å². The van der Waals surface area contributed by atoms with Gasteiger partial charge in [0.15, 0.2) is 5.41 Å². The third-order valence-corrected chi connectivity index (χ3v) is 4.87. The van der Waals surface area contributed by atoms with Crippen molar-refractivity contribution in [1.82, 2.24) is 4.90 Å². The summed E-state index contributed by atoms with van der Waals surface area (Å²) in [6, 6.07) is 3.78. The highest BCUT2D eigenvalue weighted by Gasteiger charge is 2.50. The van der Waals surface area contributed by atoms with Crippen molar-refractivity contribution >= 4 is 6.09 Å². The summed E-state index contributed by atoms with van der Waals surface area (Å²) in [5, 5.41) is 29.1. The Morgan fingerprint density at radius 1 is 1.44 bits per heavy atom. The molecule has 2 aliphatic heterocycles. The van der Waals surface area contributed by atoms with Crippen molar-refractivity contribution < 1.29 is 9.90 Å². The van der Waals surface area contributed by atoms with E-state index in [0.29, 0.717) is 18.4 Å². The summed E-state index contributed by atoms with van der Waals surface area (Å²) >= 11 is 0. The molecule has 0 aromatic carbocycles. The predicted octanol–water partition coefficient (Wildman–Crippen LogP) is 3.95. The number of hydrogen-bond acceptors (Lipinski definition) is 3. The first-order valence-electron chi connectivity index (χ1n) is 8.24. The maximum Gasteiger partial charge on any atom is 0.408 e. The number of carbonyl (C=O) groups is 1. The van der Waals surface area contributed by atoms with Gasteiger partial charge in [-0.3, -0.25) is 4.90 Å². The van der Waals surface area contributed by atoms with E-state index in [1.165, 1.54) is 4.90 Å². The molecule has 3 atom stereocenters. The van der Waals surface area contributed by atoms with Crippen LogP contribution in [0.15, 0.2) is 54.3 Å². The standard InChI is InChI=1S/C20H21N3O2/c1-3-5-6-7-11-20(13-21,14-22)17-12-15-9-10-18(16(17)8-4-2)23(15)19(24)25/h3,5-8,12,15-16,18H,2,9-11H2,1H3,(H,24,25)/b5-3+,7-6+. The SMILES string of the molecule is C=C=CC1C(C(C#N)(C#N)C/C=C/C=C/C)=CC2CCC1N2C(=O)O. The minimum Gasteiger partial charge on any atom is -0.465 e. The van der Waals surface area contributed by atoms with Crippen LogP contribution in [0.4, 0.5) is 4.79 Å². The highest BCUT2D eigenvalue weighted by atomic mass is 16.4. The molecule has 128 valence electrons. The summed E-state index contributed by atoms with van der Waals surface area (Å²) in [4.78, 5) is 13.0. The second-order valence-electron chi connectivity index (χ2n) is 6.21. The number of carboxylic acid groups (broad SMARTS) is 1. The van der Waals surface area contributed by atoms with Gasteiger partial charge in [0.05, 0.1) is 18.2 Å². The van der Waals surface area contributed by atoms with Crippen LogP contribution in [0.3, 0.4) is 0 Å². The quantitative estimate of drug-likeness (QED) is 0.468. The Morgan fingerprint density at radius 2 is 2.16 bits per heavy atom. The van der Waals surface area contributed by atoms with Gasteiger partial charge in [-0.2, -0.15) is 10.5 Å². The second-order valence-corrected chi connectivity index (χ2v) is 6.21. The highest BCUT2D eigenvalue weighted by Crippen LogP contribution is 2.47.